The summed E-state index contributed by atoms with van der Waals surface area (Å²) >= 11 is 1.67. The van der Waals surface area contributed by atoms with E-state index in [1.54, 1.807) is 22.6 Å². The molecule has 0 aromatic carbocycles. The molecule has 0 saturated heterocycles. The molecule has 5 rings (SSSR count). The number of anilines is 2. The maximum atomic E-state index is 13.5. The van der Waals surface area contributed by atoms with Gasteiger partial charge in [-0.25, -0.2) is 14.3 Å². The lowest BCUT2D eigenvalue weighted by Crippen LogP contribution is -2.48. The zero-order valence-electron chi connectivity index (χ0n) is 16.6. The van der Waals surface area contributed by atoms with Crippen LogP contribution in [0.15, 0.2) is 17.2 Å². The molecule has 8 nitrogen and oxygen atoms in total. The summed E-state index contributed by atoms with van der Waals surface area (Å²) in [6, 6.07) is 1.77. The number of carbonyl (C=O) groups is 1. The molecule has 0 atom stereocenters. The Morgan fingerprint density at radius 2 is 1.97 bits per heavy atom. The molecular formula is C20H24N6O2S. The summed E-state index contributed by atoms with van der Waals surface area (Å²) in [5, 5.41) is 6.39. The second kappa shape index (κ2) is 6.84. The van der Waals surface area contributed by atoms with Gasteiger partial charge in [-0.1, -0.05) is 18.4 Å². The standard InChI is InChI=1S/C20H24N6O2S/c1-12-8-14(23-17-13-9-25(29-2)10-15(13)21-11-22-17)19(28)26-16(12)18(27)24-20(26)6-4-3-5-7-20/h8,11H,3-7,9-10H2,1-2H3,(H,24,27)(H,21,22,23). The summed E-state index contributed by atoms with van der Waals surface area (Å²) < 4.78 is 3.91. The third-order valence-corrected chi connectivity index (χ3v) is 7.04. The molecule has 3 aliphatic rings. The Morgan fingerprint density at radius 3 is 2.72 bits per heavy atom. The smallest absolute Gasteiger partial charge is 0.276 e. The van der Waals surface area contributed by atoms with Crippen molar-refractivity contribution < 1.29 is 4.79 Å². The molecule has 2 aromatic rings. The van der Waals surface area contributed by atoms with Gasteiger partial charge in [0.15, 0.2) is 0 Å². The van der Waals surface area contributed by atoms with E-state index >= 15 is 0 Å². The van der Waals surface area contributed by atoms with Gasteiger partial charge in [0.05, 0.1) is 12.2 Å². The normalized spacial score (nSPS) is 19.9. The van der Waals surface area contributed by atoms with E-state index in [2.05, 4.69) is 24.9 Å². The predicted molar refractivity (Wildman–Crippen MR) is 112 cm³/mol. The summed E-state index contributed by atoms with van der Waals surface area (Å²) in [4.78, 5) is 35.0. The zero-order chi connectivity index (χ0) is 20.2. The van der Waals surface area contributed by atoms with Crippen LogP contribution in [0.5, 0.6) is 0 Å². The minimum Gasteiger partial charge on any atom is -0.335 e. The summed E-state index contributed by atoms with van der Waals surface area (Å²) in [6.45, 7) is 3.38. The first-order chi connectivity index (χ1) is 14.0. The van der Waals surface area contributed by atoms with Gasteiger partial charge in [-0.2, -0.15) is 0 Å². The largest absolute Gasteiger partial charge is 0.335 e. The van der Waals surface area contributed by atoms with Gasteiger partial charge in [0.1, 0.15) is 29.2 Å². The monoisotopic (exact) mass is 412 g/mol. The fraction of sp³-hybridized carbons (Fsp3) is 0.500. The number of nitrogens with zero attached hydrogens (tertiary/aromatic N) is 4. The third kappa shape index (κ3) is 2.86. The molecule has 2 aromatic heterocycles. The van der Waals surface area contributed by atoms with Crippen LogP contribution in [0.4, 0.5) is 11.5 Å². The van der Waals surface area contributed by atoms with Crippen molar-refractivity contribution in [1.82, 2.24) is 24.2 Å². The SMILES string of the molecule is CSN1Cc2ncnc(Nc3cc(C)c4n(c3=O)C3(CCCCC3)NC4=O)c2C1. The molecule has 1 amide bonds. The maximum Gasteiger partial charge on any atom is 0.276 e. The molecule has 0 radical (unpaired) electrons. The Morgan fingerprint density at radius 1 is 1.17 bits per heavy atom. The highest BCUT2D eigenvalue weighted by atomic mass is 32.2. The van der Waals surface area contributed by atoms with Gasteiger partial charge < -0.3 is 10.6 Å². The molecule has 152 valence electrons. The molecule has 4 heterocycles. The minimum absolute atomic E-state index is 0.147. The van der Waals surface area contributed by atoms with Crippen molar-refractivity contribution in [3.63, 3.8) is 0 Å². The van der Waals surface area contributed by atoms with E-state index < -0.39 is 5.66 Å². The molecule has 2 aliphatic heterocycles. The Hall–Kier alpha value is -2.39. The minimum atomic E-state index is -0.590. The Balaban J connectivity index is 1.59. The first-order valence-electron chi connectivity index (χ1n) is 10.0. The average molecular weight is 413 g/mol. The van der Waals surface area contributed by atoms with Crippen LogP contribution in [-0.4, -0.2) is 31.0 Å². The Bertz CT molecular complexity index is 1060. The first-order valence-corrected chi connectivity index (χ1v) is 11.2. The van der Waals surface area contributed by atoms with Gasteiger partial charge in [-0.3, -0.25) is 14.2 Å². The number of pyridine rings is 1. The van der Waals surface area contributed by atoms with E-state index in [-0.39, 0.29) is 11.5 Å². The van der Waals surface area contributed by atoms with Gasteiger partial charge in [-0.05, 0) is 50.5 Å². The van der Waals surface area contributed by atoms with Crippen molar-refractivity contribution in [2.24, 2.45) is 0 Å². The number of amides is 1. The second-order valence-corrected chi connectivity index (χ2v) is 8.91. The van der Waals surface area contributed by atoms with Crippen LogP contribution >= 0.6 is 11.9 Å². The van der Waals surface area contributed by atoms with Crippen molar-refractivity contribution in [2.45, 2.75) is 57.8 Å². The van der Waals surface area contributed by atoms with Crippen molar-refractivity contribution in [3.8, 4) is 0 Å². The summed E-state index contributed by atoms with van der Waals surface area (Å²) in [7, 11) is 0. The predicted octanol–water partition coefficient (Wildman–Crippen LogP) is 2.64. The molecule has 0 bridgehead atoms. The van der Waals surface area contributed by atoms with Gasteiger partial charge >= 0.3 is 0 Å². The summed E-state index contributed by atoms with van der Waals surface area (Å²) in [6.07, 6.45) is 8.31. The van der Waals surface area contributed by atoms with Gasteiger partial charge in [0.25, 0.3) is 11.5 Å². The summed E-state index contributed by atoms with van der Waals surface area (Å²) in [5.74, 6) is 0.519. The second-order valence-electron chi connectivity index (χ2n) is 8.03. The maximum absolute atomic E-state index is 13.5. The van der Waals surface area contributed by atoms with Crippen LogP contribution < -0.4 is 16.2 Å². The van der Waals surface area contributed by atoms with Gasteiger partial charge in [0.2, 0.25) is 0 Å². The number of fused-ring (bicyclic) bond motifs is 3. The highest BCUT2D eigenvalue weighted by Crippen LogP contribution is 2.38. The lowest BCUT2D eigenvalue weighted by atomic mass is 9.89. The van der Waals surface area contributed by atoms with E-state index in [9.17, 15) is 9.59 Å². The van der Waals surface area contributed by atoms with Crippen molar-refractivity contribution >= 4 is 29.4 Å². The summed E-state index contributed by atoms with van der Waals surface area (Å²) in [5.41, 5.74) is 2.98. The van der Waals surface area contributed by atoms with Crippen LogP contribution in [0.3, 0.4) is 0 Å². The van der Waals surface area contributed by atoms with E-state index in [1.165, 1.54) is 6.33 Å². The lowest BCUT2D eigenvalue weighted by molar-refractivity contribution is 0.0876. The number of rotatable bonds is 3. The van der Waals surface area contributed by atoms with Crippen LogP contribution in [0.1, 0.15) is 59.4 Å². The Kier molecular flexibility index (Phi) is 4.40. The van der Waals surface area contributed by atoms with Gasteiger partial charge in [0, 0.05) is 12.1 Å². The lowest BCUT2D eigenvalue weighted by Gasteiger charge is -2.35. The molecular weight excluding hydrogens is 388 g/mol. The van der Waals surface area contributed by atoms with Crippen molar-refractivity contribution in [1.29, 1.82) is 0 Å². The topological polar surface area (TPSA) is 92.2 Å². The fourth-order valence-electron chi connectivity index (χ4n) is 4.85. The van der Waals surface area contributed by atoms with Crippen LogP contribution in [-0.2, 0) is 18.8 Å². The first kappa shape index (κ1) is 18.6. The molecule has 9 heteroatoms. The Labute approximate surface area is 173 Å². The molecule has 1 fully saturated rings. The number of aryl methyl sites for hydroxylation is 1. The number of hydrogen-bond acceptors (Lipinski definition) is 7. The number of hydrogen-bond donors (Lipinski definition) is 2. The third-order valence-electron chi connectivity index (χ3n) is 6.27. The highest BCUT2D eigenvalue weighted by molar-refractivity contribution is 7.96. The van der Waals surface area contributed by atoms with E-state index in [4.69, 9.17) is 0 Å². The zero-order valence-corrected chi connectivity index (χ0v) is 17.4. The average Bonchev–Trinajstić information content (AvgIpc) is 3.26. The highest BCUT2D eigenvalue weighted by Gasteiger charge is 2.45. The van der Waals surface area contributed by atoms with Crippen molar-refractivity contribution in [3.05, 3.63) is 45.3 Å². The number of nitrogens with one attached hydrogen (secondary N) is 2. The quantitative estimate of drug-likeness (QED) is 0.749. The van der Waals surface area contributed by atoms with Crippen LogP contribution in [0.2, 0.25) is 0 Å². The van der Waals surface area contributed by atoms with Gasteiger partial charge in [-0.15, -0.1) is 0 Å². The number of carbonyl (C=O) groups excluding carboxylic acids is 1. The van der Waals surface area contributed by atoms with E-state index in [0.29, 0.717) is 17.2 Å². The van der Waals surface area contributed by atoms with E-state index in [1.807, 2.05) is 13.2 Å². The molecule has 29 heavy (non-hydrogen) atoms. The fourth-order valence-corrected chi connectivity index (χ4v) is 5.36. The number of aromatic nitrogens is 3. The molecule has 1 saturated carbocycles. The van der Waals surface area contributed by atoms with Crippen LogP contribution in [0.25, 0.3) is 0 Å². The van der Waals surface area contributed by atoms with Crippen molar-refractivity contribution in [2.75, 3.05) is 11.6 Å². The molecule has 1 spiro atoms. The molecule has 1 aliphatic carbocycles. The molecule has 0 unspecified atom stereocenters. The van der Waals surface area contributed by atoms with E-state index in [0.717, 1.165) is 62.0 Å². The molecule has 2 N–H and O–H groups in total. The van der Waals surface area contributed by atoms with Crippen LogP contribution in [0, 0.1) is 6.92 Å².